The van der Waals surface area contributed by atoms with Gasteiger partial charge in [-0.1, -0.05) is 0 Å². The molecule has 0 aromatic heterocycles. The van der Waals surface area contributed by atoms with Gasteiger partial charge in [-0.25, -0.2) is 0 Å². The lowest BCUT2D eigenvalue weighted by atomic mass is 10.1. The molecular formula is C14H24N2O2. The van der Waals surface area contributed by atoms with Gasteiger partial charge in [0.2, 0.25) is 0 Å². The van der Waals surface area contributed by atoms with E-state index < -0.39 is 0 Å². The lowest BCUT2D eigenvalue weighted by molar-refractivity contribution is 0.390. The monoisotopic (exact) mass is 252 g/mol. The highest BCUT2D eigenvalue weighted by atomic mass is 16.5. The Morgan fingerprint density at radius 1 is 1.28 bits per heavy atom. The molecule has 0 saturated carbocycles. The molecule has 0 spiro atoms. The Labute approximate surface area is 109 Å². The van der Waals surface area contributed by atoms with Gasteiger partial charge < -0.3 is 20.5 Å². The van der Waals surface area contributed by atoms with Crippen LogP contribution < -0.4 is 20.5 Å². The van der Waals surface area contributed by atoms with Gasteiger partial charge in [-0.15, -0.1) is 0 Å². The van der Waals surface area contributed by atoms with E-state index in [9.17, 15) is 0 Å². The average Bonchev–Trinajstić information content (AvgIpc) is 2.34. The fourth-order valence-electron chi connectivity index (χ4n) is 1.94. The van der Waals surface area contributed by atoms with Gasteiger partial charge in [-0.3, -0.25) is 0 Å². The van der Waals surface area contributed by atoms with Crippen LogP contribution in [0.1, 0.15) is 25.3 Å². The van der Waals surface area contributed by atoms with E-state index in [-0.39, 0.29) is 6.04 Å². The molecule has 0 radical (unpaired) electrons. The quantitative estimate of drug-likeness (QED) is 0.732. The molecule has 18 heavy (non-hydrogen) atoms. The van der Waals surface area contributed by atoms with Gasteiger partial charge in [0.15, 0.2) is 0 Å². The normalized spacial score (nSPS) is 12.1. The van der Waals surface area contributed by atoms with E-state index in [1.807, 2.05) is 26.0 Å². The first-order valence-electron chi connectivity index (χ1n) is 6.31. The Kier molecular flexibility index (Phi) is 5.78. The molecule has 1 unspecified atom stereocenters. The van der Waals surface area contributed by atoms with Crippen molar-refractivity contribution in [2.24, 2.45) is 5.73 Å². The molecule has 1 aromatic rings. The maximum Gasteiger partial charge on any atom is 0.148 e. The molecule has 0 saturated heterocycles. The van der Waals surface area contributed by atoms with Gasteiger partial charge in [0.25, 0.3) is 0 Å². The van der Waals surface area contributed by atoms with Gasteiger partial charge in [-0.05, 0) is 38.8 Å². The van der Waals surface area contributed by atoms with Gasteiger partial charge in [0.1, 0.15) is 11.5 Å². The van der Waals surface area contributed by atoms with Gasteiger partial charge >= 0.3 is 0 Å². The third-order valence-electron chi connectivity index (χ3n) is 2.93. The average molecular weight is 252 g/mol. The first kappa shape index (κ1) is 14.6. The Morgan fingerprint density at radius 3 is 2.56 bits per heavy atom. The molecule has 0 heterocycles. The molecular weight excluding hydrogens is 228 g/mol. The topological polar surface area (TPSA) is 56.5 Å². The second-order valence-electron chi connectivity index (χ2n) is 4.52. The van der Waals surface area contributed by atoms with Crippen LogP contribution in [0.25, 0.3) is 0 Å². The highest BCUT2D eigenvalue weighted by Gasteiger charge is 2.10. The number of hydrogen-bond acceptors (Lipinski definition) is 4. The van der Waals surface area contributed by atoms with Crippen LogP contribution in [0.5, 0.6) is 11.5 Å². The van der Waals surface area contributed by atoms with Gasteiger partial charge in [0, 0.05) is 18.2 Å². The third kappa shape index (κ3) is 3.81. The smallest absolute Gasteiger partial charge is 0.148 e. The summed E-state index contributed by atoms with van der Waals surface area (Å²) in [5.74, 6) is 1.68. The number of nitrogens with two attached hydrogens (primary N) is 1. The van der Waals surface area contributed by atoms with E-state index >= 15 is 0 Å². The molecule has 0 aliphatic rings. The summed E-state index contributed by atoms with van der Waals surface area (Å²) < 4.78 is 10.7. The summed E-state index contributed by atoms with van der Waals surface area (Å²) in [6, 6.07) is 4.19. The first-order valence-corrected chi connectivity index (χ1v) is 6.31. The third-order valence-corrected chi connectivity index (χ3v) is 2.93. The molecule has 0 aliphatic carbocycles. The fourth-order valence-corrected chi connectivity index (χ4v) is 1.94. The summed E-state index contributed by atoms with van der Waals surface area (Å²) in [7, 11) is 3.34. The maximum atomic E-state index is 5.72. The molecule has 4 nitrogen and oxygen atoms in total. The zero-order valence-corrected chi connectivity index (χ0v) is 11.7. The number of anilines is 1. The fraction of sp³-hybridized carbons (Fsp3) is 0.571. The molecule has 0 aliphatic heterocycles. The van der Waals surface area contributed by atoms with Crippen molar-refractivity contribution in [1.82, 2.24) is 0 Å². The second kappa shape index (κ2) is 7.11. The summed E-state index contributed by atoms with van der Waals surface area (Å²) in [5.41, 5.74) is 7.73. The van der Waals surface area contributed by atoms with Crippen LogP contribution in [0.4, 0.5) is 5.69 Å². The molecule has 3 N–H and O–H groups in total. The molecule has 1 aromatic carbocycles. The number of ether oxygens (including phenoxy) is 2. The number of rotatable bonds is 7. The van der Waals surface area contributed by atoms with E-state index in [2.05, 4.69) is 5.32 Å². The van der Waals surface area contributed by atoms with E-state index in [1.165, 1.54) is 0 Å². The minimum atomic E-state index is 0.256. The van der Waals surface area contributed by atoms with Crippen molar-refractivity contribution in [3.8, 4) is 11.5 Å². The van der Waals surface area contributed by atoms with E-state index in [0.29, 0.717) is 0 Å². The van der Waals surface area contributed by atoms with E-state index in [4.69, 9.17) is 15.2 Å². The van der Waals surface area contributed by atoms with Crippen molar-refractivity contribution in [2.75, 3.05) is 26.1 Å². The van der Waals surface area contributed by atoms with E-state index in [0.717, 1.165) is 42.1 Å². The maximum absolute atomic E-state index is 5.72. The van der Waals surface area contributed by atoms with Crippen LogP contribution in [0, 0.1) is 6.92 Å². The van der Waals surface area contributed by atoms with Crippen molar-refractivity contribution in [1.29, 1.82) is 0 Å². The van der Waals surface area contributed by atoms with Crippen molar-refractivity contribution >= 4 is 5.69 Å². The molecule has 0 amide bonds. The summed E-state index contributed by atoms with van der Waals surface area (Å²) in [4.78, 5) is 0. The van der Waals surface area contributed by atoms with Gasteiger partial charge in [-0.2, -0.15) is 0 Å². The summed E-state index contributed by atoms with van der Waals surface area (Å²) in [6.45, 7) is 4.91. The standard InChI is InChI=1S/C14H24N2O2/c1-10(15)6-5-9-16-12-7-8-13(17-3)11(2)14(12)18-4/h7-8,10,16H,5-6,9,15H2,1-4H3. The Bertz CT molecular complexity index is 378. The van der Waals surface area contributed by atoms with Crippen molar-refractivity contribution < 1.29 is 9.47 Å². The highest BCUT2D eigenvalue weighted by molar-refractivity contribution is 5.63. The summed E-state index contributed by atoms with van der Waals surface area (Å²) in [5, 5.41) is 3.38. The van der Waals surface area contributed by atoms with Crippen molar-refractivity contribution in [3.05, 3.63) is 17.7 Å². The van der Waals surface area contributed by atoms with Crippen LogP contribution in [0.2, 0.25) is 0 Å². The van der Waals surface area contributed by atoms with Crippen molar-refractivity contribution in [2.45, 2.75) is 32.7 Å². The molecule has 1 rings (SSSR count). The molecule has 102 valence electrons. The zero-order valence-electron chi connectivity index (χ0n) is 11.7. The van der Waals surface area contributed by atoms with Crippen LogP contribution >= 0.6 is 0 Å². The predicted octanol–water partition coefficient (Wildman–Crippen LogP) is 2.55. The van der Waals surface area contributed by atoms with Crippen LogP contribution in [0.15, 0.2) is 12.1 Å². The number of methoxy groups -OCH3 is 2. The van der Waals surface area contributed by atoms with Crippen LogP contribution in [0.3, 0.4) is 0 Å². The lowest BCUT2D eigenvalue weighted by Gasteiger charge is -2.16. The Hall–Kier alpha value is -1.42. The summed E-state index contributed by atoms with van der Waals surface area (Å²) >= 11 is 0. The van der Waals surface area contributed by atoms with Crippen LogP contribution in [-0.4, -0.2) is 26.8 Å². The number of benzene rings is 1. The lowest BCUT2D eigenvalue weighted by Crippen LogP contribution is -2.16. The van der Waals surface area contributed by atoms with Crippen LogP contribution in [-0.2, 0) is 0 Å². The Balaban J connectivity index is 2.68. The number of nitrogens with one attached hydrogen (secondary N) is 1. The molecule has 0 bridgehead atoms. The molecule has 1 atom stereocenters. The largest absolute Gasteiger partial charge is 0.496 e. The van der Waals surface area contributed by atoms with Gasteiger partial charge in [0.05, 0.1) is 19.9 Å². The predicted molar refractivity (Wildman–Crippen MR) is 75.7 cm³/mol. The number of hydrogen-bond donors (Lipinski definition) is 2. The highest BCUT2D eigenvalue weighted by Crippen LogP contribution is 2.34. The summed E-state index contributed by atoms with van der Waals surface area (Å²) in [6.07, 6.45) is 2.07. The zero-order chi connectivity index (χ0) is 13.5. The Morgan fingerprint density at radius 2 is 2.00 bits per heavy atom. The van der Waals surface area contributed by atoms with E-state index in [1.54, 1.807) is 14.2 Å². The minimum Gasteiger partial charge on any atom is -0.496 e. The SMILES string of the molecule is COc1ccc(NCCCC(C)N)c(OC)c1C. The molecule has 0 fully saturated rings. The second-order valence-corrected chi connectivity index (χ2v) is 4.52. The molecule has 4 heteroatoms. The van der Waals surface area contributed by atoms with Crippen molar-refractivity contribution in [3.63, 3.8) is 0 Å². The minimum absolute atomic E-state index is 0.256. The first-order chi connectivity index (χ1) is 8.60.